The number of nitrogens with one attached hydrogen (secondary N) is 1. The molecule has 0 unspecified atom stereocenters. The average molecular weight is 398 g/mol. The lowest BCUT2D eigenvalue weighted by atomic mass is 10.2. The summed E-state index contributed by atoms with van der Waals surface area (Å²) in [7, 11) is 3.11. The Bertz CT molecular complexity index is 974. The lowest BCUT2D eigenvalue weighted by Gasteiger charge is -2.12. The van der Waals surface area contributed by atoms with E-state index < -0.39 is 0 Å². The SMILES string of the molecule is COc1ccc(NC(=O)c2cccc(OCc3ccccc3Cl)c2)c(OC)c1. The molecule has 0 spiro atoms. The molecule has 6 heteroatoms. The summed E-state index contributed by atoms with van der Waals surface area (Å²) in [5.74, 6) is 1.46. The van der Waals surface area contributed by atoms with Crippen LogP contribution in [0.4, 0.5) is 5.69 Å². The highest BCUT2D eigenvalue weighted by Gasteiger charge is 2.12. The minimum atomic E-state index is -0.272. The maximum Gasteiger partial charge on any atom is 0.255 e. The first-order valence-electron chi connectivity index (χ1n) is 8.60. The van der Waals surface area contributed by atoms with Crippen molar-refractivity contribution in [1.29, 1.82) is 0 Å². The Labute approximate surface area is 168 Å². The van der Waals surface area contributed by atoms with Gasteiger partial charge in [0.15, 0.2) is 0 Å². The molecule has 1 amide bonds. The molecule has 1 N–H and O–H groups in total. The minimum Gasteiger partial charge on any atom is -0.497 e. The molecule has 0 heterocycles. The van der Waals surface area contributed by atoms with E-state index in [9.17, 15) is 4.79 Å². The summed E-state index contributed by atoms with van der Waals surface area (Å²) in [5.41, 5.74) is 1.90. The maximum absolute atomic E-state index is 12.6. The van der Waals surface area contributed by atoms with Crippen LogP contribution >= 0.6 is 11.6 Å². The summed E-state index contributed by atoms with van der Waals surface area (Å²) < 4.78 is 16.3. The van der Waals surface area contributed by atoms with Crippen LogP contribution < -0.4 is 19.5 Å². The lowest BCUT2D eigenvalue weighted by molar-refractivity contribution is 0.102. The molecule has 3 aromatic carbocycles. The number of hydrogen-bond donors (Lipinski definition) is 1. The normalized spacial score (nSPS) is 10.2. The van der Waals surface area contributed by atoms with Crippen LogP contribution in [0.1, 0.15) is 15.9 Å². The van der Waals surface area contributed by atoms with Crippen LogP contribution in [0.15, 0.2) is 66.7 Å². The van der Waals surface area contributed by atoms with Crippen molar-refractivity contribution in [3.05, 3.63) is 82.9 Å². The van der Waals surface area contributed by atoms with Gasteiger partial charge in [0, 0.05) is 22.2 Å². The smallest absolute Gasteiger partial charge is 0.255 e. The van der Waals surface area contributed by atoms with Gasteiger partial charge in [-0.05, 0) is 36.4 Å². The van der Waals surface area contributed by atoms with E-state index in [-0.39, 0.29) is 5.91 Å². The van der Waals surface area contributed by atoms with Gasteiger partial charge in [-0.15, -0.1) is 0 Å². The third kappa shape index (κ3) is 4.75. The molecule has 0 radical (unpaired) electrons. The van der Waals surface area contributed by atoms with Crippen LogP contribution in [0, 0.1) is 0 Å². The van der Waals surface area contributed by atoms with E-state index in [0.717, 1.165) is 5.56 Å². The van der Waals surface area contributed by atoms with Crippen molar-refractivity contribution in [2.45, 2.75) is 6.61 Å². The van der Waals surface area contributed by atoms with Crippen molar-refractivity contribution in [3.63, 3.8) is 0 Å². The molecule has 0 bridgehead atoms. The van der Waals surface area contributed by atoms with Crippen LogP contribution in [0.25, 0.3) is 0 Å². The molecule has 0 fully saturated rings. The van der Waals surface area contributed by atoms with Gasteiger partial charge in [-0.1, -0.05) is 35.9 Å². The van der Waals surface area contributed by atoms with Gasteiger partial charge < -0.3 is 19.5 Å². The molecule has 5 nitrogen and oxygen atoms in total. The van der Waals surface area contributed by atoms with E-state index >= 15 is 0 Å². The van der Waals surface area contributed by atoms with Crippen molar-refractivity contribution < 1.29 is 19.0 Å². The van der Waals surface area contributed by atoms with Crippen molar-refractivity contribution in [3.8, 4) is 17.2 Å². The second-order valence-corrected chi connectivity index (χ2v) is 6.34. The molecular weight excluding hydrogens is 378 g/mol. The molecule has 0 saturated carbocycles. The number of hydrogen-bond acceptors (Lipinski definition) is 4. The predicted molar refractivity (Wildman–Crippen MR) is 110 cm³/mol. The van der Waals surface area contributed by atoms with Crippen molar-refractivity contribution in [1.82, 2.24) is 0 Å². The monoisotopic (exact) mass is 397 g/mol. The maximum atomic E-state index is 12.6. The fourth-order valence-electron chi connectivity index (χ4n) is 2.60. The summed E-state index contributed by atoms with van der Waals surface area (Å²) in [6, 6.07) is 19.6. The summed E-state index contributed by atoms with van der Waals surface area (Å²) in [5, 5.41) is 3.48. The fraction of sp³-hybridized carbons (Fsp3) is 0.136. The van der Waals surface area contributed by atoms with Crippen LogP contribution in [-0.4, -0.2) is 20.1 Å². The number of carbonyl (C=O) groups excluding carboxylic acids is 1. The Morgan fingerprint density at radius 2 is 1.75 bits per heavy atom. The average Bonchev–Trinajstić information content (AvgIpc) is 2.73. The number of carbonyl (C=O) groups is 1. The Kier molecular flexibility index (Phi) is 6.40. The predicted octanol–water partition coefficient (Wildman–Crippen LogP) is 5.19. The van der Waals surface area contributed by atoms with E-state index in [1.165, 1.54) is 7.11 Å². The zero-order chi connectivity index (χ0) is 19.9. The Hall–Kier alpha value is -3.18. The molecule has 3 aromatic rings. The van der Waals surface area contributed by atoms with Crippen molar-refractivity contribution in [2.75, 3.05) is 19.5 Å². The molecule has 0 aliphatic rings. The first-order valence-corrected chi connectivity index (χ1v) is 8.98. The molecule has 0 aromatic heterocycles. The quantitative estimate of drug-likeness (QED) is 0.596. The number of amides is 1. The molecule has 3 rings (SSSR count). The van der Waals surface area contributed by atoms with Gasteiger partial charge in [0.1, 0.15) is 23.9 Å². The largest absolute Gasteiger partial charge is 0.497 e. The van der Waals surface area contributed by atoms with E-state index in [1.54, 1.807) is 49.6 Å². The molecule has 144 valence electrons. The van der Waals surface area contributed by atoms with E-state index in [4.69, 9.17) is 25.8 Å². The molecule has 0 aliphatic carbocycles. The summed E-state index contributed by atoms with van der Waals surface area (Å²) in [6.07, 6.45) is 0. The molecule has 0 saturated heterocycles. The zero-order valence-electron chi connectivity index (χ0n) is 15.6. The number of benzene rings is 3. The number of anilines is 1. The summed E-state index contributed by atoms with van der Waals surface area (Å²) >= 11 is 6.15. The van der Waals surface area contributed by atoms with Crippen LogP contribution in [0.3, 0.4) is 0 Å². The highest BCUT2D eigenvalue weighted by atomic mass is 35.5. The fourth-order valence-corrected chi connectivity index (χ4v) is 2.79. The highest BCUT2D eigenvalue weighted by Crippen LogP contribution is 2.29. The van der Waals surface area contributed by atoms with Crippen molar-refractivity contribution >= 4 is 23.2 Å². The van der Waals surface area contributed by atoms with E-state index in [0.29, 0.717) is 40.1 Å². The number of ether oxygens (including phenoxy) is 3. The number of methoxy groups -OCH3 is 2. The standard InChI is InChI=1S/C22H20ClNO4/c1-26-17-10-11-20(21(13-17)27-2)24-22(25)15-7-5-8-18(12-15)28-14-16-6-3-4-9-19(16)23/h3-13H,14H2,1-2H3,(H,24,25). The van der Waals surface area contributed by atoms with Crippen molar-refractivity contribution in [2.24, 2.45) is 0 Å². The summed E-state index contributed by atoms with van der Waals surface area (Å²) in [4.78, 5) is 12.6. The van der Waals surface area contributed by atoms with Gasteiger partial charge in [-0.2, -0.15) is 0 Å². The van der Waals surface area contributed by atoms with Gasteiger partial charge in [0.25, 0.3) is 5.91 Å². The van der Waals surface area contributed by atoms with E-state index in [1.807, 2.05) is 24.3 Å². The highest BCUT2D eigenvalue weighted by molar-refractivity contribution is 6.31. The van der Waals surface area contributed by atoms with Crippen LogP contribution in [0.2, 0.25) is 5.02 Å². The van der Waals surface area contributed by atoms with Gasteiger partial charge in [0.2, 0.25) is 0 Å². The van der Waals surface area contributed by atoms with E-state index in [2.05, 4.69) is 5.32 Å². The summed E-state index contributed by atoms with van der Waals surface area (Å²) in [6.45, 7) is 0.317. The molecule has 28 heavy (non-hydrogen) atoms. The first-order chi connectivity index (χ1) is 13.6. The number of rotatable bonds is 7. The topological polar surface area (TPSA) is 56.8 Å². The first kappa shape index (κ1) is 19.6. The van der Waals surface area contributed by atoms with Gasteiger partial charge >= 0.3 is 0 Å². The number of halogens is 1. The third-order valence-corrected chi connectivity index (χ3v) is 4.47. The Balaban J connectivity index is 1.71. The minimum absolute atomic E-state index is 0.272. The molecular formula is C22H20ClNO4. The second-order valence-electron chi connectivity index (χ2n) is 5.93. The second kappa shape index (κ2) is 9.15. The van der Waals surface area contributed by atoms with Crippen LogP contribution in [-0.2, 0) is 6.61 Å². The van der Waals surface area contributed by atoms with Gasteiger partial charge in [-0.25, -0.2) is 0 Å². The Morgan fingerprint density at radius 1 is 0.929 bits per heavy atom. The van der Waals surface area contributed by atoms with Crippen LogP contribution in [0.5, 0.6) is 17.2 Å². The third-order valence-electron chi connectivity index (χ3n) is 4.11. The lowest BCUT2D eigenvalue weighted by Crippen LogP contribution is -2.12. The van der Waals surface area contributed by atoms with Gasteiger partial charge in [-0.3, -0.25) is 4.79 Å². The zero-order valence-corrected chi connectivity index (χ0v) is 16.3. The Morgan fingerprint density at radius 3 is 2.50 bits per heavy atom. The molecule has 0 aliphatic heterocycles. The molecule has 0 atom stereocenters. The van der Waals surface area contributed by atoms with Gasteiger partial charge in [0.05, 0.1) is 19.9 Å².